The van der Waals surface area contributed by atoms with Gasteiger partial charge in [0, 0.05) is 35.6 Å². The molecule has 6 nitrogen and oxygen atoms in total. The molecule has 0 aromatic heterocycles. The molecule has 1 unspecified atom stereocenters. The molecule has 0 amide bonds. The molecule has 0 N–H and O–H groups in total. The Bertz CT molecular complexity index is 1330. The van der Waals surface area contributed by atoms with Gasteiger partial charge in [0.05, 0.1) is 32.4 Å². The number of benzene rings is 2. The maximum atomic E-state index is 14.4. The molecule has 1 fully saturated rings. The summed E-state index contributed by atoms with van der Waals surface area (Å²) >= 11 is 0. The summed E-state index contributed by atoms with van der Waals surface area (Å²) < 4.78 is 24.0. The molecule has 2 aromatic carbocycles. The maximum absolute atomic E-state index is 14.4. The first kappa shape index (κ1) is 33.9. The molecule has 1 saturated carbocycles. The largest absolute Gasteiger partial charge is 0.496 e. The van der Waals surface area contributed by atoms with Crippen LogP contribution in [0, 0.1) is 0 Å². The Morgan fingerprint density at radius 2 is 1.66 bits per heavy atom. The minimum Gasteiger partial charge on any atom is -0.496 e. The van der Waals surface area contributed by atoms with Gasteiger partial charge in [-0.25, -0.2) is 0 Å². The summed E-state index contributed by atoms with van der Waals surface area (Å²) in [6.45, 7) is 20.0. The standard InChI is InChI=1S/C38H55NO5/c1-10-15-32-29-23-34(43-13-4)35(44-14-5)24-30(29)38(17-18-38)39(32)25-33(40)27-21-28(26(12-3)16-20-42-19-11-2)36(41-9)31(22-27)37(6,7)8/h15,21-24,26H,10-14,16-20,25H2,1-9H3. The molecule has 6 heteroatoms. The number of rotatable bonds is 16. The topological polar surface area (TPSA) is 57.2 Å². The van der Waals surface area contributed by atoms with Crippen molar-refractivity contribution in [3.05, 3.63) is 58.2 Å². The molecule has 1 aliphatic heterocycles. The fraction of sp³-hybridized carbons (Fsp3) is 0.605. The lowest BCUT2D eigenvalue weighted by Crippen LogP contribution is -2.33. The summed E-state index contributed by atoms with van der Waals surface area (Å²) in [6, 6.07) is 8.49. The van der Waals surface area contributed by atoms with Crippen LogP contribution in [0.3, 0.4) is 0 Å². The second-order valence-electron chi connectivity index (χ2n) is 13.2. The molecule has 0 radical (unpaired) electrons. The zero-order chi connectivity index (χ0) is 32.1. The number of carbonyl (C=O) groups is 1. The average Bonchev–Trinajstić information content (AvgIpc) is 3.76. The van der Waals surface area contributed by atoms with E-state index in [4.69, 9.17) is 18.9 Å². The minimum absolute atomic E-state index is 0.132. The molecule has 0 saturated heterocycles. The summed E-state index contributed by atoms with van der Waals surface area (Å²) in [6.07, 6.45) is 8.03. The van der Waals surface area contributed by atoms with E-state index in [-0.39, 0.29) is 22.7 Å². The number of hydrogen-bond donors (Lipinski definition) is 0. The normalized spacial score (nSPS) is 16.8. The summed E-state index contributed by atoms with van der Waals surface area (Å²) in [4.78, 5) is 16.8. The highest BCUT2D eigenvalue weighted by Gasteiger charge is 2.56. The van der Waals surface area contributed by atoms with E-state index in [1.807, 2.05) is 13.8 Å². The zero-order valence-electron chi connectivity index (χ0n) is 28.7. The SMILES string of the molecule is CCC=C1c2cc(OCC)c(OCC)cc2C2(CC2)N1CC(=O)c1cc(C(CC)CCOCCC)c(OC)c(C(C)(C)C)c1. The van der Waals surface area contributed by atoms with Gasteiger partial charge < -0.3 is 23.8 Å². The lowest BCUT2D eigenvalue weighted by atomic mass is 9.80. The monoisotopic (exact) mass is 605 g/mol. The molecular weight excluding hydrogens is 550 g/mol. The van der Waals surface area contributed by atoms with Crippen LogP contribution in [-0.2, 0) is 15.7 Å². The van der Waals surface area contributed by atoms with Crippen molar-refractivity contribution < 1.29 is 23.7 Å². The van der Waals surface area contributed by atoms with Crippen molar-refractivity contribution in [3.63, 3.8) is 0 Å². The van der Waals surface area contributed by atoms with Crippen LogP contribution in [0.25, 0.3) is 5.70 Å². The van der Waals surface area contributed by atoms with Crippen molar-refractivity contribution in [2.75, 3.05) is 40.1 Å². The molecule has 4 rings (SSSR count). The van der Waals surface area contributed by atoms with Gasteiger partial charge in [0.15, 0.2) is 17.3 Å². The molecule has 1 heterocycles. The molecule has 0 bridgehead atoms. The number of nitrogens with zero attached hydrogens (tertiary/aromatic N) is 1. The van der Waals surface area contributed by atoms with Gasteiger partial charge in [0.1, 0.15) is 5.75 Å². The van der Waals surface area contributed by atoms with E-state index in [0.717, 1.165) is 90.3 Å². The van der Waals surface area contributed by atoms with Crippen molar-refractivity contribution in [3.8, 4) is 17.2 Å². The van der Waals surface area contributed by atoms with Crippen molar-refractivity contribution in [2.45, 2.75) is 111 Å². The summed E-state index contributed by atoms with van der Waals surface area (Å²) in [5.74, 6) is 2.83. The number of ether oxygens (including phenoxy) is 4. The van der Waals surface area contributed by atoms with Crippen LogP contribution in [0.15, 0.2) is 30.3 Å². The summed E-state index contributed by atoms with van der Waals surface area (Å²) in [5, 5.41) is 0. The number of Topliss-reactive ketones (excluding diaryl/α,β-unsaturated/α-hetero) is 1. The van der Waals surface area contributed by atoms with E-state index >= 15 is 0 Å². The number of ketones is 1. The predicted molar refractivity (Wildman–Crippen MR) is 179 cm³/mol. The van der Waals surface area contributed by atoms with Crippen LogP contribution in [-0.4, -0.2) is 50.8 Å². The Hall–Kier alpha value is -2.99. The van der Waals surface area contributed by atoms with Gasteiger partial charge >= 0.3 is 0 Å². The van der Waals surface area contributed by atoms with Gasteiger partial charge in [-0.15, -0.1) is 0 Å². The molecule has 1 spiro atoms. The van der Waals surface area contributed by atoms with Gasteiger partial charge in [-0.1, -0.05) is 47.6 Å². The number of allylic oxidation sites excluding steroid dienone is 1. The van der Waals surface area contributed by atoms with Crippen molar-refractivity contribution >= 4 is 11.5 Å². The summed E-state index contributed by atoms with van der Waals surface area (Å²) in [7, 11) is 1.75. The van der Waals surface area contributed by atoms with Gasteiger partial charge in [-0.3, -0.25) is 4.79 Å². The maximum Gasteiger partial charge on any atom is 0.182 e. The van der Waals surface area contributed by atoms with Crippen LogP contribution in [0.5, 0.6) is 17.2 Å². The Morgan fingerprint density at radius 1 is 0.977 bits per heavy atom. The lowest BCUT2D eigenvalue weighted by Gasteiger charge is -2.30. The lowest BCUT2D eigenvalue weighted by molar-refractivity contribution is 0.0938. The van der Waals surface area contributed by atoms with Crippen LogP contribution in [0.2, 0.25) is 0 Å². The summed E-state index contributed by atoms with van der Waals surface area (Å²) in [5.41, 5.74) is 6.12. The second kappa shape index (κ2) is 14.4. The first-order valence-corrected chi connectivity index (χ1v) is 16.9. The minimum atomic E-state index is -0.187. The molecule has 242 valence electrons. The molecule has 2 aromatic rings. The number of methoxy groups -OCH3 is 1. The molecular formula is C38H55NO5. The third kappa shape index (κ3) is 6.80. The van der Waals surface area contributed by atoms with Crippen LogP contribution < -0.4 is 14.2 Å². The zero-order valence-corrected chi connectivity index (χ0v) is 28.7. The number of hydrogen-bond acceptors (Lipinski definition) is 6. The van der Waals surface area contributed by atoms with E-state index in [1.165, 1.54) is 5.56 Å². The highest BCUT2D eigenvalue weighted by molar-refractivity contribution is 5.99. The highest BCUT2D eigenvalue weighted by atomic mass is 16.5. The Balaban J connectivity index is 1.75. The smallest absolute Gasteiger partial charge is 0.182 e. The van der Waals surface area contributed by atoms with E-state index in [2.05, 4.69) is 76.8 Å². The van der Waals surface area contributed by atoms with Crippen molar-refractivity contribution in [2.24, 2.45) is 0 Å². The van der Waals surface area contributed by atoms with Crippen molar-refractivity contribution in [1.82, 2.24) is 4.90 Å². The average molecular weight is 606 g/mol. The quantitative estimate of drug-likeness (QED) is 0.141. The van der Waals surface area contributed by atoms with Gasteiger partial charge in [-0.05, 0) is 99.1 Å². The van der Waals surface area contributed by atoms with E-state index < -0.39 is 0 Å². The second-order valence-corrected chi connectivity index (χ2v) is 13.2. The van der Waals surface area contributed by atoms with Crippen molar-refractivity contribution in [1.29, 1.82) is 0 Å². The Kier molecular flexibility index (Phi) is 11.1. The van der Waals surface area contributed by atoms with Gasteiger partial charge in [0.25, 0.3) is 0 Å². The molecule has 1 aliphatic carbocycles. The van der Waals surface area contributed by atoms with E-state index in [0.29, 0.717) is 26.4 Å². The van der Waals surface area contributed by atoms with Gasteiger partial charge in [-0.2, -0.15) is 0 Å². The Morgan fingerprint density at radius 3 is 2.20 bits per heavy atom. The van der Waals surface area contributed by atoms with Crippen LogP contribution in [0.4, 0.5) is 0 Å². The molecule has 44 heavy (non-hydrogen) atoms. The predicted octanol–water partition coefficient (Wildman–Crippen LogP) is 9.04. The molecule has 1 atom stereocenters. The fourth-order valence-corrected chi connectivity index (χ4v) is 6.71. The Labute approximate surface area is 266 Å². The van der Waals surface area contributed by atoms with E-state index in [9.17, 15) is 4.79 Å². The first-order valence-electron chi connectivity index (χ1n) is 16.9. The van der Waals surface area contributed by atoms with E-state index in [1.54, 1.807) is 7.11 Å². The first-order chi connectivity index (χ1) is 21.1. The van der Waals surface area contributed by atoms with Crippen LogP contribution >= 0.6 is 0 Å². The molecule has 2 aliphatic rings. The highest BCUT2D eigenvalue weighted by Crippen LogP contribution is 2.61. The van der Waals surface area contributed by atoms with Crippen LogP contribution in [0.1, 0.15) is 132 Å². The fourth-order valence-electron chi connectivity index (χ4n) is 6.71. The third-order valence-electron chi connectivity index (χ3n) is 9.03. The van der Waals surface area contributed by atoms with Gasteiger partial charge in [0.2, 0.25) is 0 Å². The third-order valence-corrected chi connectivity index (χ3v) is 9.03. The number of fused-ring (bicyclic) bond motifs is 2. The number of carbonyl (C=O) groups excluding carboxylic acids is 1.